The third-order valence-electron chi connectivity index (χ3n) is 3.23. The van der Waals surface area contributed by atoms with Gasteiger partial charge < -0.3 is 10.7 Å². The van der Waals surface area contributed by atoms with Crippen molar-refractivity contribution in [2.75, 3.05) is 12.0 Å². The molecule has 0 aliphatic carbocycles. The van der Waals surface area contributed by atoms with Gasteiger partial charge in [-0.05, 0) is 17.7 Å². The monoisotopic (exact) mass is 352 g/mol. The van der Waals surface area contributed by atoms with Gasteiger partial charge in [-0.1, -0.05) is 23.7 Å². The van der Waals surface area contributed by atoms with E-state index in [0.29, 0.717) is 5.02 Å². The maximum Gasteiger partial charge on any atom is 0.328 e. The largest absolute Gasteiger partial charge is 0.382 e. The van der Waals surface area contributed by atoms with Gasteiger partial charge in [0.2, 0.25) is 5.16 Å². The van der Waals surface area contributed by atoms with Crippen LogP contribution in [0.1, 0.15) is 5.56 Å². The third-order valence-corrected chi connectivity index (χ3v) is 4.36. The molecule has 0 amide bonds. The van der Waals surface area contributed by atoms with E-state index in [-0.39, 0.29) is 28.7 Å². The molecule has 2 aromatic heterocycles. The van der Waals surface area contributed by atoms with Crippen molar-refractivity contribution < 1.29 is 4.21 Å². The number of halogens is 1. The van der Waals surface area contributed by atoms with Crippen molar-refractivity contribution in [1.82, 2.24) is 19.5 Å². The lowest BCUT2D eigenvalue weighted by Gasteiger charge is -2.06. The van der Waals surface area contributed by atoms with Crippen LogP contribution in [0, 0.1) is 4.78 Å². The molecular weight excluding hydrogens is 340 g/mol. The highest BCUT2D eigenvalue weighted by Crippen LogP contribution is 2.18. The smallest absolute Gasteiger partial charge is 0.328 e. The molecule has 0 spiro atoms. The zero-order valence-corrected chi connectivity index (χ0v) is 13.6. The standard InChI is InChI=1S/C13H13ClN6O2S/c1-23(16,22)12-18-10(15)9-11(19-12)20(13(21)17-9)6-7-2-4-8(14)5-3-7/h2-5,16H,6H2,1H3,(H,17,21)(H2,15,18,19). The summed E-state index contributed by atoms with van der Waals surface area (Å²) in [5.74, 6) is -0.0150. The zero-order chi connectivity index (χ0) is 16.8. The number of H-pyrrole nitrogens is 1. The normalized spacial score (nSPS) is 14.0. The van der Waals surface area contributed by atoms with Crippen LogP contribution in [0.5, 0.6) is 0 Å². The average molecular weight is 353 g/mol. The molecule has 1 aromatic carbocycles. The summed E-state index contributed by atoms with van der Waals surface area (Å²) in [5, 5.41) is 0.389. The van der Waals surface area contributed by atoms with Crippen molar-refractivity contribution >= 4 is 38.3 Å². The van der Waals surface area contributed by atoms with Crippen LogP contribution in [-0.4, -0.2) is 30.0 Å². The first kappa shape index (κ1) is 15.5. The Balaban J connectivity index is 2.20. The van der Waals surface area contributed by atoms with Gasteiger partial charge in [0.25, 0.3) is 0 Å². The van der Waals surface area contributed by atoms with Gasteiger partial charge in [0, 0.05) is 11.3 Å². The molecule has 1 atom stereocenters. The summed E-state index contributed by atoms with van der Waals surface area (Å²) in [7, 11) is -3.15. The number of rotatable bonds is 3. The average Bonchev–Trinajstić information content (AvgIpc) is 2.78. The summed E-state index contributed by atoms with van der Waals surface area (Å²) in [6.45, 7) is 0.231. The number of fused-ring (bicyclic) bond motifs is 1. The second-order valence-corrected chi connectivity index (χ2v) is 7.57. The first-order valence-corrected chi connectivity index (χ1v) is 8.84. The van der Waals surface area contributed by atoms with Crippen LogP contribution < -0.4 is 11.4 Å². The fourth-order valence-electron chi connectivity index (χ4n) is 2.12. The van der Waals surface area contributed by atoms with Crippen LogP contribution in [0.15, 0.2) is 34.2 Å². The molecule has 0 radical (unpaired) electrons. The minimum atomic E-state index is -3.15. The number of anilines is 1. The lowest BCUT2D eigenvalue weighted by atomic mass is 10.2. The Morgan fingerprint density at radius 2 is 2.00 bits per heavy atom. The molecule has 1 unspecified atom stereocenters. The van der Waals surface area contributed by atoms with Gasteiger partial charge >= 0.3 is 5.69 Å². The third kappa shape index (κ3) is 2.92. The predicted molar refractivity (Wildman–Crippen MR) is 88.2 cm³/mol. The van der Waals surface area contributed by atoms with Crippen molar-refractivity contribution in [3.05, 3.63) is 45.3 Å². The molecule has 0 aliphatic rings. The minimum Gasteiger partial charge on any atom is -0.382 e. The molecule has 8 nitrogen and oxygen atoms in total. The number of aromatic nitrogens is 4. The van der Waals surface area contributed by atoms with Crippen LogP contribution in [-0.2, 0) is 16.3 Å². The number of nitrogens with zero attached hydrogens (tertiary/aromatic N) is 3. The minimum absolute atomic E-state index is 0.0150. The second kappa shape index (κ2) is 5.36. The van der Waals surface area contributed by atoms with E-state index in [2.05, 4.69) is 15.0 Å². The molecule has 0 bridgehead atoms. The van der Waals surface area contributed by atoms with Gasteiger partial charge in [-0.25, -0.2) is 18.8 Å². The molecular formula is C13H13ClN6O2S. The Morgan fingerprint density at radius 1 is 1.35 bits per heavy atom. The molecule has 120 valence electrons. The van der Waals surface area contributed by atoms with Crippen LogP contribution in [0.4, 0.5) is 5.82 Å². The number of nitrogens with two attached hydrogens (primary N) is 1. The maximum absolute atomic E-state index is 12.2. The Labute approximate surface area is 136 Å². The van der Waals surface area contributed by atoms with Gasteiger partial charge in [0.05, 0.1) is 6.54 Å². The molecule has 3 aromatic rings. The highest BCUT2D eigenvalue weighted by Gasteiger charge is 2.17. The number of hydrogen-bond donors (Lipinski definition) is 3. The summed E-state index contributed by atoms with van der Waals surface area (Å²) in [4.78, 5) is 22.7. The topological polar surface area (TPSA) is 131 Å². The fourth-order valence-corrected chi connectivity index (χ4v) is 2.78. The molecule has 0 saturated heterocycles. The highest BCUT2D eigenvalue weighted by molar-refractivity contribution is 7.91. The predicted octanol–water partition coefficient (Wildman–Crippen LogP) is 1.44. The number of aromatic amines is 1. The molecule has 0 fully saturated rings. The molecule has 0 saturated carbocycles. The van der Waals surface area contributed by atoms with Gasteiger partial charge in [-0.3, -0.25) is 4.57 Å². The zero-order valence-electron chi connectivity index (χ0n) is 12.0. The summed E-state index contributed by atoms with van der Waals surface area (Å²) in [6.07, 6.45) is 1.20. The number of nitrogens with one attached hydrogen (secondary N) is 2. The second-order valence-electron chi connectivity index (χ2n) is 5.08. The molecule has 3 rings (SSSR count). The molecule has 0 aliphatic heterocycles. The van der Waals surface area contributed by atoms with E-state index in [1.165, 1.54) is 10.8 Å². The maximum atomic E-state index is 12.2. The molecule has 4 N–H and O–H groups in total. The van der Waals surface area contributed by atoms with Crippen molar-refractivity contribution in [3.8, 4) is 0 Å². The van der Waals surface area contributed by atoms with E-state index in [1.54, 1.807) is 24.3 Å². The van der Waals surface area contributed by atoms with Gasteiger partial charge in [-0.15, -0.1) is 0 Å². The van der Waals surface area contributed by atoms with E-state index < -0.39 is 15.4 Å². The lowest BCUT2D eigenvalue weighted by molar-refractivity contribution is 0.671. The lowest BCUT2D eigenvalue weighted by Crippen LogP contribution is -2.18. The summed E-state index contributed by atoms with van der Waals surface area (Å²) >= 11 is 5.85. The quantitative estimate of drug-likeness (QED) is 0.614. The molecule has 10 heteroatoms. The Hall–Kier alpha value is -2.39. The summed E-state index contributed by atoms with van der Waals surface area (Å²) in [6, 6.07) is 7.00. The van der Waals surface area contributed by atoms with Crippen molar-refractivity contribution in [3.63, 3.8) is 0 Å². The van der Waals surface area contributed by atoms with Gasteiger partial charge in [-0.2, -0.15) is 4.98 Å². The van der Waals surface area contributed by atoms with Crippen molar-refractivity contribution in [1.29, 1.82) is 4.78 Å². The fraction of sp³-hybridized carbons (Fsp3) is 0.154. The number of benzene rings is 1. The first-order valence-electron chi connectivity index (χ1n) is 6.50. The Kier molecular flexibility index (Phi) is 3.61. The highest BCUT2D eigenvalue weighted by atomic mass is 35.5. The van der Waals surface area contributed by atoms with E-state index >= 15 is 0 Å². The van der Waals surface area contributed by atoms with Crippen LogP contribution in [0.25, 0.3) is 11.2 Å². The Morgan fingerprint density at radius 3 is 2.61 bits per heavy atom. The summed E-state index contributed by atoms with van der Waals surface area (Å²) in [5.41, 5.74) is 6.68. The van der Waals surface area contributed by atoms with Crippen molar-refractivity contribution in [2.24, 2.45) is 0 Å². The van der Waals surface area contributed by atoms with Crippen LogP contribution in [0.3, 0.4) is 0 Å². The molecule has 23 heavy (non-hydrogen) atoms. The van der Waals surface area contributed by atoms with Crippen LogP contribution in [0.2, 0.25) is 5.02 Å². The number of hydrogen-bond acceptors (Lipinski definition) is 6. The van der Waals surface area contributed by atoms with E-state index in [1.807, 2.05) is 0 Å². The van der Waals surface area contributed by atoms with Crippen molar-refractivity contribution in [2.45, 2.75) is 11.7 Å². The SMILES string of the molecule is CS(=N)(=O)c1nc(N)c2[nH]c(=O)n(Cc3ccc(Cl)cc3)c2n1. The van der Waals surface area contributed by atoms with Crippen LogP contribution >= 0.6 is 11.6 Å². The molecule has 2 heterocycles. The first-order chi connectivity index (χ1) is 10.8. The number of nitrogen functional groups attached to an aromatic ring is 1. The van der Waals surface area contributed by atoms with E-state index in [0.717, 1.165) is 5.56 Å². The Bertz CT molecular complexity index is 1050. The van der Waals surface area contributed by atoms with Gasteiger partial charge in [0.15, 0.2) is 11.5 Å². The summed E-state index contributed by atoms with van der Waals surface area (Å²) < 4.78 is 20.8. The van der Waals surface area contributed by atoms with E-state index in [4.69, 9.17) is 22.1 Å². The van der Waals surface area contributed by atoms with E-state index in [9.17, 15) is 9.00 Å². The van der Waals surface area contributed by atoms with Gasteiger partial charge in [0.1, 0.15) is 15.2 Å². The number of imidazole rings is 1.